The Morgan fingerprint density at radius 2 is 2.33 bits per heavy atom. The second-order valence-electron chi connectivity index (χ2n) is 3.94. The van der Waals surface area contributed by atoms with Crippen molar-refractivity contribution in [3.8, 4) is 0 Å². The molecule has 82 valence electrons. The van der Waals surface area contributed by atoms with E-state index in [1.54, 1.807) is 10.8 Å². The molecule has 1 heterocycles. The number of rotatable bonds is 1. The lowest BCUT2D eigenvalue weighted by Gasteiger charge is -2.28. The monoisotopic (exact) mass is 273 g/mol. The Morgan fingerprint density at radius 3 is 2.93 bits per heavy atom. The van der Waals surface area contributed by atoms with Crippen LogP contribution in [0, 0.1) is 0 Å². The molecular weight excluding hydrogens is 262 g/mol. The highest BCUT2D eigenvalue weighted by Gasteiger charge is 2.43. The van der Waals surface area contributed by atoms with Crippen LogP contribution in [0.25, 0.3) is 0 Å². The van der Waals surface area contributed by atoms with Crippen molar-refractivity contribution in [1.82, 2.24) is 4.57 Å². The summed E-state index contributed by atoms with van der Waals surface area (Å²) in [6.07, 6.45) is 3.48. The molecule has 1 aromatic rings. The van der Waals surface area contributed by atoms with Crippen molar-refractivity contribution in [2.45, 2.75) is 24.9 Å². The molecule has 0 amide bonds. The van der Waals surface area contributed by atoms with Crippen molar-refractivity contribution in [2.24, 2.45) is 7.05 Å². The van der Waals surface area contributed by atoms with Gasteiger partial charge < -0.3 is 14.8 Å². The predicted molar refractivity (Wildman–Crippen MR) is 57.6 cm³/mol. The molecule has 0 aromatic carbocycles. The molecular formula is C10H12BrNO3. The zero-order chi connectivity index (χ0) is 11.2. The molecule has 1 atom stereocenters. The van der Waals surface area contributed by atoms with Gasteiger partial charge in [-0.2, -0.15) is 0 Å². The molecule has 5 heteroatoms. The van der Waals surface area contributed by atoms with Gasteiger partial charge in [0, 0.05) is 18.8 Å². The first-order chi connectivity index (χ1) is 6.97. The number of nitrogens with zero attached hydrogens (tertiary/aromatic N) is 1. The smallest absolute Gasteiger partial charge is 0.340 e. The molecule has 0 saturated carbocycles. The summed E-state index contributed by atoms with van der Waals surface area (Å²) in [5, 5.41) is 19.2. The molecule has 2 rings (SSSR count). The fraction of sp³-hybridized carbons (Fsp3) is 0.500. The van der Waals surface area contributed by atoms with E-state index >= 15 is 0 Å². The molecule has 15 heavy (non-hydrogen) atoms. The van der Waals surface area contributed by atoms with E-state index < -0.39 is 11.6 Å². The van der Waals surface area contributed by atoms with E-state index in [1.807, 2.05) is 7.05 Å². The van der Waals surface area contributed by atoms with Gasteiger partial charge in [0.25, 0.3) is 0 Å². The van der Waals surface area contributed by atoms with Crippen molar-refractivity contribution in [3.05, 3.63) is 21.9 Å². The summed E-state index contributed by atoms with van der Waals surface area (Å²) >= 11 is 3.40. The van der Waals surface area contributed by atoms with Crippen LogP contribution in [0.2, 0.25) is 0 Å². The number of fused-ring (bicyclic) bond motifs is 1. The predicted octanol–water partition coefficient (Wildman–Crippen LogP) is 1.40. The normalized spacial score (nSPS) is 25.0. The molecule has 0 saturated heterocycles. The minimum absolute atomic E-state index is 0.284. The van der Waals surface area contributed by atoms with Crippen LogP contribution in [-0.2, 0) is 23.9 Å². The number of aliphatic hydroxyl groups is 1. The van der Waals surface area contributed by atoms with Crippen LogP contribution in [0.5, 0.6) is 0 Å². The fourth-order valence-electron chi connectivity index (χ4n) is 2.12. The first-order valence-corrected chi connectivity index (χ1v) is 5.56. The summed E-state index contributed by atoms with van der Waals surface area (Å²) < 4.78 is 2.65. The summed E-state index contributed by atoms with van der Waals surface area (Å²) in [5.41, 5.74) is -0.276. The third-order valence-electron chi connectivity index (χ3n) is 2.97. The number of carbonyl (C=O) groups is 1. The number of carboxylic acid groups (broad SMARTS) is 1. The van der Waals surface area contributed by atoms with Gasteiger partial charge in [0.1, 0.15) is 0 Å². The van der Waals surface area contributed by atoms with Gasteiger partial charge in [0.05, 0.1) is 4.60 Å². The van der Waals surface area contributed by atoms with Crippen LogP contribution in [0.4, 0.5) is 0 Å². The number of carboxylic acids is 1. The van der Waals surface area contributed by atoms with E-state index in [9.17, 15) is 9.90 Å². The van der Waals surface area contributed by atoms with Crippen molar-refractivity contribution in [2.75, 3.05) is 0 Å². The summed E-state index contributed by atoms with van der Waals surface area (Å²) in [5.74, 6) is -1.17. The van der Waals surface area contributed by atoms with Crippen LogP contribution in [0.3, 0.4) is 0 Å². The molecule has 0 aliphatic heterocycles. The van der Waals surface area contributed by atoms with Gasteiger partial charge in [-0.25, -0.2) is 4.79 Å². The minimum atomic E-state index is -1.71. The number of hydrogen-bond acceptors (Lipinski definition) is 2. The molecule has 0 radical (unpaired) electrons. The number of aryl methyl sites for hydroxylation is 1. The second-order valence-corrected chi connectivity index (χ2v) is 4.69. The van der Waals surface area contributed by atoms with Crippen LogP contribution in [-0.4, -0.2) is 20.7 Å². The quantitative estimate of drug-likeness (QED) is 0.813. The summed E-state index contributed by atoms with van der Waals surface area (Å²) in [4.78, 5) is 11.1. The summed E-state index contributed by atoms with van der Waals surface area (Å²) in [7, 11) is 1.82. The van der Waals surface area contributed by atoms with E-state index in [4.69, 9.17) is 5.11 Å². The highest BCUT2D eigenvalue weighted by atomic mass is 79.9. The Hall–Kier alpha value is -0.810. The van der Waals surface area contributed by atoms with Crippen LogP contribution < -0.4 is 0 Å². The molecule has 1 aliphatic rings. The lowest BCUT2D eigenvalue weighted by Crippen LogP contribution is -2.38. The molecule has 0 spiro atoms. The first-order valence-electron chi connectivity index (χ1n) is 4.77. The van der Waals surface area contributed by atoms with Gasteiger partial charge in [-0.05, 0) is 40.8 Å². The molecule has 2 N–H and O–H groups in total. The minimum Gasteiger partial charge on any atom is -0.479 e. The van der Waals surface area contributed by atoms with E-state index in [2.05, 4.69) is 15.9 Å². The number of halogens is 1. The van der Waals surface area contributed by atoms with Crippen LogP contribution >= 0.6 is 15.9 Å². The van der Waals surface area contributed by atoms with Gasteiger partial charge in [0.2, 0.25) is 0 Å². The number of aliphatic carboxylic acids is 1. The standard InChI is InChI=1S/C10H12BrNO3/c1-12-5-7-6(8(12)11)3-2-4-10(7,15)9(13)14/h5,15H,2-4H2,1H3,(H,13,14). The third kappa shape index (κ3) is 1.41. The average Bonchev–Trinajstić information content (AvgIpc) is 2.46. The van der Waals surface area contributed by atoms with E-state index in [0.717, 1.165) is 16.6 Å². The Kier molecular flexibility index (Phi) is 2.39. The number of hydrogen-bond donors (Lipinski definition) is 2. The summed E-state index contributed by atoms with van der Waals surface area (Å²) in [6.45, 7) is 0. The van der Waals surface area contributed by atoms with Crippen LogP contribution in [0.1, 0.15) is 24.0 Å². The molecule has 1 unspecified atom stereocenters. The molecule has 1 aliphatic carbocycles. The highest BCUT2D eigenvalue weighted by Crippen LogP contribution is 2.39. The zero-order valence-corrected chi connectivity index (χ0v) is 9.91. The van der Waals surface area contributed by atoms with Gasteiger partial charge >= 0.3 is 5.97 Å². The van der Waals surface area contributed by atoms with Crippen molar-refractivity contribution < 1.29 is 15.0 Å². The molecule has 0 bridgehead atoms. The average molecular weight is 274 g/mol. The maximum atomic E-state index is 11.1. The highest BCUT2D eigenvalue weighted by molar-refractivity contribution is 9.10. The SMILES string of the molecule is Cn1cc2c(c1Br)CCCC2(O)C(=O)O. The molecule has 4 nitrogen and oxygen atoms in total. The Morgan fingerprint density at radius 1 is 1.67 bits per heavy atom. The second kappa shape index (κ2) is 3.35. The third-order valence-corrected chi connectivity index (χ3v) is 4.01. The zero-order valence-electron chi connectivity index (χ0n) is 8.33. The van der Waals surface area contributed by atoms with Crippen LogP contribution in [0.15, 0.2) is 10.8 Å². The van der Waals surface area contributed by atoms with Crippen molar-refractivity contribution >= 4 is 21.9 Å². The largest absolute Gasteiger partial charge is 0.479 e. The van der Waals surface area contributed by atoms with Gasteiger partial charge in [0.15, 0.2) is 5.60 Å². The lowest BCUT2D eigenvalue weighted by atomic mass is 9.82. The lowest BCUT2D eigenvalue weighted by molar-refractivity contribution is -0.161. The van der Waals surface area contributed by atoms with E-state index in [0.29, 0.717) is 12.0 Å². The number of aromatic nitrogens is 1. The van der Waals surface area contributed by atoms with Crippen molar-refractivity contribution in [1.29, 1.82) is 0 Å². The maximum Gasteiger partial charge on any atom is 0.340 e. The van der Waals surface area contributed by atoms with E-state index in [-0.39, 0.29) is 6.42 Å². The maximum absolute atomic E-state index is 11.1. The summed E-state index contributed by atoms with van der Waals surface area (Å²) in [6, 6.07) is 0. The van der Waals surface area contributed by atoms with Crippen molar-refractivity contribution in [3.63, 3.8) is 0 Å². The molecule has 1 aromatic heterocycles. The topological polar surface area (TPSA) is 62.5 Å². The van der Waals surface area contributed by atoms with Gasteiger partial charge in [-0.1, -0.05) is 0 Å². The molecule has 0 fully saturated rings. The van der Waals surface area contributed by atoms with Gasteiger partial charge in [-0.15, -0.1) is 0 Å². The first kappa shape index (κ1) is 10.7. The Labute approximate surface area is 95.7 Å². The van der Waals surface area contributed by atoms with Gasteiger partial charge in [-0.3, -0.25) is 0 Å². The van der Waals surface area contributed by atoms with E-state index in [1.165, 1.54) is 0 Å². The Bertz CT molecular complexity index is 427. The fourth-order valence-corrected chi connectivity index (χ4v) is 2.64. The Balaban J connectivity index is 2.61.